The lowest BCUT2D eigenvalue weighted by Crippen LogP contribution is -2.25. The predicted octanol–water partition coefficient (Wildman–Crippen LogP) is 2.63. The highest BCUT2D eigenvalue weighted by atomic mass is 32.1. The quantitative estimate of drug-likeness (QED) is 0.612. The topological polar surface area (TPSA) is 24.9 Å². The first-order valence-electron chi connectivity index (χ1n) is 5.68. The average Bonchev–Trinajstić information content (AvgIpc) is 2.79. The summed E-state index contributed by atoms with van der Waals surface area (Å²) in [6, 6.07) is 0. The van der Waals surface area contributed by atoms with Gasteiger partial charge in [0.2, 0.25) is 0 Å². The van der Waals surface area contributed by atoms with E-state index in [0.717, 1.165) is 25.4 Å². The molecular weight excluding hydrogens is 204 g/mol. The number of hydrogen-bond acceptors (Lipinski definition) is 3. The summed E-state index contributed by atoms with van der Waals surface area (Å²) < 4.78 is 0. The Morgan fingerprint density at radius 3 is 3.20 bits per heavy atom. The highest BCUT2D eigenvalue weighted by molar-refractivity contribution is 7.07. The molecule has 1 aliphatic rings. The summed E-state index contributed by atoms with van der Waals surface area (Å²) in [6.07, 6.45) is 9.54. The molecule has 1 aromatic heterocycles. The van der Waals surface area contributed by atoms with E-state index in [1.165, 1.54) is 25.0 Å². The maximum atomic E-state index is 4.27. The van der Waals surface area contributed by atoms with Gasteiger partial charge in [-0.2, -0.15) is 0 Å². The number of hydrogen-bond donors (Lipinski definition) is 1. The Bertz CT molecular complexity index is 293. The Balaban J connectivity index is 1.57. The smallest absolute Gasteiger partial charge is 0.0794 e. The summed E-state index contributed by atoms with van der Waals surface area (Å²) in [5, 5.41) is 5.65. The molecule has 0 aromatic carbocycles. The molecule has 3 heteroatoms. The van der Waals surface area contributed by atoms with Crippen LogP contribution in [0.5, 0.6) is 0 Å². The molecule has 1 atom stereocenters. The van der Waals surface area contributed by atoms with E-state index in [1.54, 1.807) is 11.3 Å². The molecule has 1 aromatic rings. The van der Waals surface area contributed by atoms with Gasteiger partial charge in [-0.15, -0.1) is 11.3 Å². The number of nitrogens with zero attached hydrogens (tertiary/aromatic N) is 1. The Labute approximate surface area is 95.4 Å². The first kappa shape index (κ1) is 10.8. The molecule has 15 heavy (non-hydrogen) atoms. The van der Waals surface area contributed by atoms with Crippen LogP contribution in [0.3, 0.4) is 0 Å². The van der Waals surface area contributed by atoms with E-state index in [1.807, 2.05) is 5.51 Å². The van der Waals surface area contributed by atoms with Gasteiger partial charge in [-0.1, -0.05) is 12.2 Å². The molecule has 0 fully saturated rings. The molecule has 0 saturated heterocycles. The van der Waals surface area contributed by atoms with Crippen molar-refractivity contribution < 1.29 is 0 Å². The van der Waals surface area contributed by atoms with Crippen LogP contribution in [-0.4, -0.2) is 18.1 Å². The van der Waals surface area contributed by atoms with Crippen LogP contribution in [0.1, 0.15) is 25.0 Å². The van der Waals surface area contributed by atoms with Crippen molar-refractivity contribution in [3.05, 3.63) is 28.7 Å². The van der Waals surface area contributed by atoms with Crippen LogP contribution < -0.4 is 5.32 Å². The first-order valence-corrected chi connectivity index (χ1v) is 6.62. The van der Waals surface area contributed by atoms with E-state index in [9.17, 15) is 0 Å². The molecule has 1 heterocycles. The van der Waals surface area contributed by atoms with Gasteiger partial charge in [0.05, 0.1) is 11.2 Å². The van der Waals surface area contributed by atoms with Crippen LogP contribution in [0.2, 0.25) is 0 Å². The van der Waals surface area contributed by atoms with Crippen LogP contribution in [0.4, 0.5) is 0 Å². The van der Waals surface area contributed by atoms with Crippen molar-refractivity contribution in [3.8, 4) is 0 Å². The Morgan fingerprint density at radius 1 is 1.47 bits per heavy atom. The molecule has 0 radical (unpaired) electrons. The summed E-state index contributed by atoms with van der Waals surface area (Å²) >= 11 is 1.68. The van der Waals surface area contributed by atoms with Crippen LogP contribution in [0.15, 0.2) is 23.0 Å². The second-order valence-electron chi connectivity index (χ2n) is 4.08. The van der Waals surface area contributed by atoms with E-state index in [-0.39, 0.29) is 0 Å². The zero-order valence-electron chi connectivity index (χ0n) is 8.98. The van der Waals surface area contributed by atoms with Gasteiger partial charge in [0.15, 0.2) is 0 Å². The summed E-state index contributed by atoms with van der Waals surface area (Å²) in [6.45, 7) is 2.22. The van der Waals surface area contributed by atoms with Gasteiger partial charge in [-0.05, 0) is 31.7 Å². The van der Waals surface area contributed by atoms with Gasteiger partial charge in [-0.25, -0.2) is 4.98 Å². The summed E-state index contributed by atoms with van der Waals surface area (Å²) in [4.78, 5) is 4.27. The Hall–Kier alpha value is -0.670. The van der Waals surface area contributed by atoms with Gasteiger partial charge in [0.25, 0.3) is 0 Å². The third-order valence-corrected chi connectivity index (χ3v) is 3.49. The second kappa shape index (κ2) is 6.03. The van der Waals surface area contributed by atoms with Crippen molar-refractivity contribution in [3.63, 3.8) is 0 Å². The number of rotatable bonds is 5. The molecule has 1 aliphatic carbocycles. The number of thiazole rings is 1. The van der Waals surface area contributed by atoms with E-state index in [4.69, 9.17) is 0 Å². The number of nitrogens with one attached hydrogen (secondary N) is 1. The fourth-order valence-electron chi connectivity index (χ4n) is 1.93. The minimum atomic E-state index is 0.852. The standard InChI is InChI=1S/C12H18N2S/c1-2-4-11(5-3-1)8-13-7-6-12-9-15-10-14-12/h1-2,9-11,13H,3-8H2. The van der Waals surface area contributed by atoms with E-state index in [0.29, 0.717) is 0 Å². The maximum Gasteiger partial charge on any atom is 0.0794 e. The minimum absolute atomic E-state index is 0.852. The third-order valence-electron chi connectivity index (χ3n) is 2.85. The summed E-state index contributed by atoms with van der Waals surface area (Å²) in [5.41, 5.74) is 3.12. The molecule has 2 rings (SSSR count). The van der Waals surface area contributed by atoms with Crippen molar-refractivity contribution in [2.45, 2.75) is 25.7 Å². The highest BCUT2D eigenvalue weighted by Gasteiger charge is 2.08. The van der Waals surface area contributed by atoms with Gasteiger partial charge in [0, 0.05) is 18.3 Å². The molecule has 0 bridgehead atoms. The monoisotopic (exact) mass is 222 g/mol. The predicted molar refractivity (Wildman–Crippen MR) is 65.2 cm³/mol. The third kappa shape index (κ3) is 3.76. The summed E-state index contributed by atoms with van der Waals surface area (Å²) in [7, 11) is 0. The van der Waals surface area contributed by atoms with Crippen molar-refractivity contribution in [1.29, 1.82) is 0 Å². The largest absolute Gasteiger partial charge is 0.316 e. The summed E-state index contributed by atoms with van der Waals surface area (Å²) in [5.74, 6) is 0.852. The van der Waals surface area contributed by atoms with Crippen molar-refractivity contribution in [1.82, 2.24) is 10.3 Å². The molecule has 0 aliphatic heterocycles. The first-order chi connectivity index (χ1) is 7.45. The SMILES string of the molecule is C1=CCC(CNCCc2cscn2)CC1. The Morgan fingerprint density at radius 2 is 2.47 bits per heavy atom. The number of allylic oxidation sites excluding steroid dienone is 2. The maximum absolute atomic E-state index is 4.27. The molecule has 82 valence electrons. The fraction of sp³-hybridized carbons (Fsp3) is 0.583. The fourth-order valence-corrected chi connectivity index (χ4v) is 2.52. The van der Waals surface area contributed by atoms with Crippen LogP contribution in [0, 0.1) is 5.92 Å². The van der Waals surface area contributed by atoms with Gasteiger partial charge in [-0.3, -0.25) is 0 Å². The lowest BCUT2D eigenvalue weighted by atomic mass is 9.94. The lowest BCUT2D eigenvalue weighted by molar-refractivity contribution is 0.442. The van der Waals surface area contributed by atoms with Crippen molar-refractivity contribution in [2.75, 3.05) is 13.1 Å². The van der Waals surface area contributed by atoms with E-state index >= 15 is 0 Å². The van der Waals surface area contributed by atoms with Crippen LogP contribution in [0.25, 0.3) is 0 Å². The lowest BCUT2D eigenvalue weighted by Gasteiger charge is -2.17. The molecule has 1 N–H and O–H groups in total. The van der Waals surface area contributed by atoms with Gasteiger partial charge < -0.3 is 5.32 Å². The average molecular weight is 222 g/mol. The normalized spacial score (nSPS) is 20.7. The van der Waals surface area contributed by atoms with Crippen LogP contribution in [-0.2, 0) is 6.42 Å². The molecule has 0 amide bonds. The highest BCUT2D eigenvalue weighted by Crippen LogP contribution is 2.16. The molecule has 0 spiro atoms. The zero-order chi connectivity index (χ0) is 10.3. The van der Waals surface area contributed by atoms with Gasteiger partial charge >= 0.3 is 0 Å². The van der Waals surface area contributed by atoms with Gasteiger partial charge in [0.1, 0.15) is 0 Å². The Kier molecular flexibility index (Phi) is 4.36. The minimum Gasteiger partial charge on any atom is -0.316 e. The van der Waals surface area contributed by atoms with Crippen molar-refractivity contribution >= 4 is 11.3 Å². The zero-order valence-corrected chi connectivity index (χ0v) is 9.80. The van der Waals surface area contributed by atoms with E-state index < -0.39 is 0 Å². The molecule has 1 unspecified atom stereocenters. The molecule has 0 saturated carbocycles. The number of aromatic nitrogens is 1. The van der Waals surface area contributed by atoms with E-state index in [2.05, 4.69) is 27.8 Å². The second-order valence-corrected chi connectivity index (χ2v) is 4.80. The molecular formula is C12H18N2S. The van der Waals surface area contributed by atoms with Crippen LogP contribution >= 0.6 is 11.3 Å². The molecule has 2 nitrogen and oxygen atoms in total. The van der Waals surface area contributed by atoms with Crippen molar-refractivity contribution in [2.24, 2.45) is 5.92 Å².